The van der Waals surface area contributed by atoms with Crippen LogP contribution < -0.4 is 4.74 Å². The standard InChI is InChI=1S/C30H41FN2O3/c1-3-30(31,4-2)22-33-18-6-5-8-26(33)21-36-28-16-14-24(15-17-28)23-10-12-25(13-11-23)29(35)32-19-7-9-27(34)20-32/h10-17,26-27,34H,3-9,18-22H2,1-2H3/t26?,27-/m1/s1. The van der Waals surface area contributed by atoms with Crippen LogP contribution in [0.15, 0.2) is 48.5 Å². The molecule has 1 amide bonds. The summed E-state index contributed by atoms with van der Waals surface area (Å²) in [4.78, 5) is 16.8. The van der Waals surface area contributed by atoms with Gasteiger partial charge in [-0.1, -0.05) is 44.5 Å². The van der Waals surface area contributed by atoms with Gasteiger partial charge in [0, 0.05) is 31.2 Å². The summed E-state index contributed by atoms with van der Waals surface area (Å²) in [6.07, 6.45) is 5.61. The summed E-state index contributed by atoms with van der Waals surface area (Å²) in [5, 5.41) is 9.86. The van der Waals surface area contributed by atoms with Gasteiger partial charge in [-0.3, -0.25) is 9.69 Å². The van der Waals surface area contributed by atoms with E-state index in [1.54, 1.807) is 4.90 Å². The van der Waals surface area contributed by atoms with E-state index >= 15 is 4.39 Å². The van der Waals surface area contributed by atoms with Crippen LogP contribution in [0.2, 0.25) is 0 Å². The van der Waals surface area contributed by atoms with Crippen molar-refractivity contribution in [3.05, 3.63) is 54.1 Å². The number of piperidine rings is 2. The lowest BCUT2D eigenvalue weighted by atomic mass is 9.95. The van der Waals surface area contributed by atoms with E-state index in [-0.39, 0.29) is 11.9 Å². The minimum Gasteiger partial charge on any atom is -0.492 e. The lowest BCUT2D eigenvalue weighted by molar-refractivity contribution is 0.0273. The molecule has 2 aliphatic heterocycles. The number of β-amino-alcohol motifs (C(OH)–C–C–N with tert-alkyl or cyclic N) is 1. The number of carbonyl (C=O) groups excluding carboxylic acids is 1. The third-order valence-electron chi connectivity index (χ3n) is 7.95. The summed E-state index contributed by atoms with van der Waals surface area (Å²) >= 11 is 0. The van der Waals surface area contributed by atoms with Crippen LogP contribution in [0.1, 0.15) is 69.2 Å². The topological polar surface area (TPSA) is 53.0 Å². The van der Waals surface area contributed by atoms with Gasteiger partial charge in [0.15, 0.2) is 0 Å². The number of amides is 1. The first kappa shape index (κ1) is 26.6. The number of halogens is 1. The van der Waals surface area contributed by atoms with Gasteiger partial charge in [-0.25, -0.2) is 4.39 Å². The zero-order chi connectivity index (χ0) is 25.5. The van der Waals surface area contributed by atoms with Crippen LogP contribution in [0.3, 0.4) is 0 Å². The molecule has 36 heavy (non-hydrogen) atoms. The summed E-state index contributed by atoms with van der Waals surface area (Å²) in [5.74, 6) is 0.793. The molecular weight excluding hydrogens is 455 g/mol. The van der Waals surface area contributed by atoms with Crippen LogP contribution in [0.25, 0.3) is 11.1 Å². The van der Waals surface area contributed by atoms with Gasteiger partial charge in [0.1, 0.15) is 18.0 Å². The second-order valence-electron chi connectivity index (χ2n) is 10.4. The number of hydrogen-bond acceptors (Lipinski definition) is 4. The molecule has 196 valence electrons. The van der Waals surface area contributed by atoms with Gasteiger partial charge in [-0.2, -0.15) is 0 Å². The van der Waals surface area contributed by atoms with Crippen LogP contribution in [0.4, 0.5) is 4.39 Å². The highest BCUT2D eigenvalue weighted by molar-refractivity contribution is 5.94. The van der Waals surface area contributed by atoms with Crippen molar-refractivity contribution in [2.75, 3.05) is 32.8 Å². The molecule has 0 radical (unpaired) electrons. The quantitative estimate of drug-likeness (QED) is 0.483. The summed E-state index contributed by atoms with van der Waals surface area (Å²) in [6, 6.07) is 15.9. The van der Waals surface area contributed by atoms with E-state index in [2.05, 4.69) is 4.90 Å². The molecule has 2 aromatic carbocycles. The van der Waals surface area contributed by atoms with E-state index in [9.17, 15) is 9.90 Å². The van der Waals surface area contributed by atoms with Crippen molar-refractivity contribution in [3.8, 4) is 16.9 Å². The second-order valence-corrected chi connectivity index (χ2v) is 10.4. The Bertz CT molecular complexity index is 975. The third-order valence-corrected chi connectivity index (χ3v) is 7.95. The fourth-order valence-corrected chi connectivity index (χ4v) is 5.36. The number of likely N-dealkylation sites (tertiary alicyclic amines) is 2. The molecule has 4 rings (SSSR count). The summed E-state index contributed by atoms with van der Waals surface area (Å²) in [7, 11) is 0. The molecule has 0 saturated carbocycles. The summed E-state index contributed by atoms with van der Waals surface area (Å²) in [5.41, 5.74) is 1.62. The Morgan fingerprint density at radius 2 is 1.64 bits per heavy atom. The van der Waals surface area contributed by atoms with Crippen LogP contribution in [0.5, 0.6) is 5.75 Å². The Kier molecular flexibility index (Phi) is 9.02. The molecule has 0 bridgehead atoms. The molecule has 1 unspecified atom stereocenters. The smallest absolute Gasteiger partial charge is 0.253 e. The van der Waals surface area contributed by atoms with Crippen molar-refractivity contribution < 1.29 is 19.0 Å². The maximum atomic E-state index is 15.0. The average molecular weight is 497 g/mol. The number of aliphatic hydroxyl groups excluding tert-OH is 1. The molecule has 5 nitrogen and oxygen atoms in total. The first-order chi connectivity index (χ1) is 17.4. The highest BCUT2D eigenvalue weighted by Crippen LogP contribution is 2.28. The van der Waals surface area contributed by atoms with Crippen LogP contribution >= 0.6 is 0 Å². The highest BCUT2D eigenvalue weighted by atomic mass is 19.1. The maximum absolute atomic E-state index is 15.0. The van der Waals surface area contributed by atoms with Gasteiger partial charge in [0.25, 0.3) is 5.91 Å². The molecule has 0 aliphatic carbocycles. The van der Waals surface area contributed by atoms with Gasteiger partial charge in [-0.05, 0) is 80.5 Å². The molecule has 2 atom stereocenters. The average Bonchev–Trinajstić information content (AvgIpc) is 2.92. The van der Waals surface area contributed by atoms with E-state index in [1.807, 2.05) is 62.4 Å². The van der Waals surface area contributed by atoms with Crippen molar-refractivity contribution in [2.24, 2.45) is 0 Å². The van der Waals surface area contributed by atoms with Gasteiger partial charge in [0.2, 0.25) is 0 Å². The number of aliphatic hydroxyl groups is 1. The molecule has 2 saturated heterocycles. The SMILES string of the molecule is CCC(F)(CC)CN1CCCCC1COc1ccc(-c2ccc(C(=O)N3CCC[C@@H](O)C3)cc2)cc1. The van der Waals surface area contributed by atoms with Gasteiger partial charge >= 0.3 is 0 Å². The van der Waals surface area contributed by atoms with Crippen molar-refractivity contribution in [3.63, 3.8) is 0 Å². The van der Waals surface area contributed by atoms with E-state index in [1.165, 1.54) is 0 Å². The fraction of sp³-hybridized carbons (Fsp3) is 0.567. The van der Waals surface area contributed by atoms with Crippen molar-refractivity contribution in [1.29, 1.82) is 0 Å². The third kappa shape index (κ3) is 6.65. The Hall–Kier alpha value is -2.44. The van der Waals surface area contributed by atoms with Crippen molar-refractivity contribution in [1.82, 2.24) is 9.80 Å². The van der Waals surface area contributed by atoms with Crippen LogP contribution in [-0.2, 0) is 0 Å². The molecule has 2 aliphatic rings. The minimum atomic E-state index is -1.12. The van der Waals surface area contributed by atoms with Gasteiger partial charge in [-0.15, -0.1) is 0 Å². The van der Waals surface area contributed by atoms with E-state index in [4.69, 9.17) is 4.74 Å². The fourth-order valence-electron chi connectivity index (χ4n) is 5.36. The largest absolute Gasteiger partial charge is 0.492 e. The van der Waals surface area contributed by atoms with E-state index in [0.717, 1.165) is 55.5 Å². The first-order valence-corrected chi connectivity index (χ1v) is 13.6. The molecule has 0 aromatic heterocycles. The number of rotatable bonds is 9. The lowest BCUT2D eigenvalue weighted by Gasteiger charge is -2.39. The molecular formula is C30H41FN2O3. The van der Waals surface area contributed by atoms with E-state index in [0.29, 0.717) is 44.6 Å². The molecule has 2 heterocycles. The molecule has 6 heteroatoms. The monoisotopic (exact) mass is 496 g/mol. The maximum Gasteiger partial charge on any atom is 0.253 e. The van der Waals surface area contributed by atoms with Crippen molar-refractivity contribution in [2.45, 2.75) is 76.6 Å². The predicted molar refractivity (Wildman–Crippen MR) is 142 cm³/mol. The molecule has 0 spiro atoms. The first-order valence-electron chi connectivity index (χ1n) is 13.6. The Morgan fingerprint density at radius 1 is 0.972 bits per heavy atom. The zero-order valence-electron chi connectivity index (χ0n) is 21.8. The zero-order valence-corrected chi connectivity index (χ0v) is 21.8. The lowest BCUT2D eigenvalue weighted by Crippen LogP contribution is -2.49. The number of carbonyl (C=O) groups is 1. The predicted octanol–water partition coefficient (Wildman–Crippen LogP) is 5.71. The van der Waals surface area contributed by atoms with Crippen molar-refractivity contribution >= 4 is 5.91 Å². The van der Waals surface area contributed by atoms with Crippen LogP contribution in [-0.4, -0.2) is 71.4 Å². The summed E-state index contributed by atoms with van der Waals surface area (Å²) in [6.45, 7) is 6.98. The van der Waals surface area contributed by atoms with E-state index < -0.39 is 11.8 Å². The Labute approximate surface area is 215 Å². The number of hydrogen-bond donors (Lipinski definition) is 1. The molecule has 2 aromatic rings. The Balaban J connectivity index is 1.33. The summed E-state index contributed by atoms with van der Waals surface area (Å²) < 4.78 is 21.2. The van der Waals surface area contributed by atoms with Crippen LogP contribution in [0, 0.1) is 0 Å². The highest BCUT2D eigenvalue weighted by Gasteiger charge is 2.33. The van der Waals surface area contributed by atoms with Gasteiger partial charge in [0.05, 0.1) is 6.10 Å². The number of alkyl halides is 1. The normalized spacial score (nSPS) is 21.4. The number of nitrogens with zero attached hydrogens (tertiary/aromatic N) is 2. The number of ether oxygens (including phenoxy) is 1. The number of benzene rings is 2. The molecule has 2 fully saturated rings. The second kappa shape index (κ2) is 12.2. The van der Waals surface area contributed by atoms with Gasteiger partial charge < -0.3 is 14.7 Å². The molecule has 1 N–H and O–H groups in total. The Morgan fingerprint density at radius 3 is 2.28 bits per heavy atom. The minimum absolute atomic E-state index is 0.0244.